The van der Waals surface area contributed by atoms with Gasteiger partial charge in [-0.3, -0.25) is 0 Å². The number of aromatic amines is 1. The SMILES string of the molecule is CCCc1nc(-c2cccc(C)c2)[n+](C)[nH]1. The molecule has 0 atom stereocenters. The van der Waals surface area contributed by atoms with Gasteiger partial charge in [-0.2, -0.15) is 9.78 Å². The molecule has 3 nitrogen and oxygen atoms in total. The van der Waals surface area contributed by atoms with Crippen molar-refractivity contribution in [2.24, 2.45) is 7.05 Å². The van der Waals surface area contributed by atoms with Crippen LogP contribution >= 0.6 is 0 Å². The van der Waals surface area contributed by atoms with Crippen LogP contribution in [0.25, 0.3) is 11.4 Å². The molecule has 3 heteroatoms. The zero-order valence-electron chi connectivity index (χ0n) is 10.1. The minimum atomic E-state index is 1.000. The Morgan fingerprint density at radius 1 is 1.38 bits per heavy atom. The third-order valence-corrected chi connectivity index (χ3v) is 2.62. The maximum absolute atomic E-state index is 4.62. The number of aryl methyl sites for hydroxylation is 3. The predicted molar refractivity (Wildman–Crippen MR) is 63.9 cm³/mol. The van der Waals surface area contributed by atoms with Gasteiger partial charge in [0, 0.05) is 6.42 Å². The molecule has 0 aliphatic rings. The van der Waals surface area contributed by atoms with E-state index in [1.165, 1.54) is 11.1 Å². The monoisotopic (exact) mass is 216 g/mol. The van der Waals surface area contributed by atoms with Gasteiger partial charge < -0.3 is 0 Å². The summed E-state index contributed by atoms with van der Waals surface area (Å²) in [7, 11) is 2.00. The minimum absolute atomic E-state index is 1.000. The van der Waals surface area contributed by atoms with E-state index in [0.717, 1.165) is 24.5 Å². The summed E-state index contributed by atoms with van der Waals surface area (Å²) >= 11 is 0. The molecular weight excluding hydrogens is 198 g/mol. The van der Waals surface area contributed by atoms with Crippen molar-refractivity contribution in [2.75, 3.05) is 0 Å². The van der Waals surface area contributed by atoms with Gasteiger partial charge in [-0.25, -0.2) is 0 Å². The lowest BCUT2D eigenvalue weighted by Crippen LogP contribution is -2.32. The standard InChI is InChI=1S/C13H17N3/c1-4-6-12-14-13(16(3)15-12)11-8-5-7-10(2)9-11/h5,7-9H,4,6H2,1-3H3/p+1. The number of aromatic nitrogens is 3. The van der Waals surface area contributed by atoms with E-state index in [9.17, 15) is 0 Å². The molecule has 2 rings (SSSR count). The van der Waals surface area contributed by atoms with Crippen molar-refractivity contribution in [3.8, 4) is 11.4 Å². The van der Waals surface area contributed by atoms with Gasteiger partial charge in [0.05, 0.1) is 5.56 Å². The van der Waals surface area contributed by atoms with E-state index in [1.807, 2.05) is 11.7 Å². The van der Waals surface area contributed by atoms with Crippen LogP contribution < -0.4 is 4.68 Å². The number of hydrogen-bond acceptors (Lipinski definition) is 1. The maximum atomic E-state index is 4.62. The first-order valence-corrected chi connectivity index (χ1v) is 5.72. The summed E-state index contributed by atoms with van der Waals surface area (Å²) < 4.78 is 1.99. The Kier molecular flexibility index (Phi) is 3.04. The highest BCUT2D eigenvalue weighted by atomic mass is 15.3. The van der Waals surface area contributed by atoms with E-state index in [-0.39, 0.29) is 0 Å². The number of hydrogen-bond donors (Lipinski definition) is 1. The molecule has 2 aromatic rings. The molecule has 0 bridgehead atoms. The number of benzene rings is 1. The summed E-state index contributed by atoms with van der Waals surface area (Å²) in [6.07, 6.45) is 2.11. The molecule has 0 radical (unpaired) electrons. The molecule has 16 heavy (non-hydrogen) atoms. The topological polar surface area (TPSA) is 32.6 Å². The third-order valence-electron chi connectivity index (χ3n) is 2.62. The Balaban J connectivity index is 2.40. The molecule has 0 amide bonds. The van der Waals surface area contributed by atoms with E-state index in [1.54, 1.807) is 0 Å². The summed E-state index contributed by atoms with van der Waals surface area (Å²) in [6.45, 7) is 4.26. The van der Waals surface area contributed by atoms with Crippen LogP contribution in [0.3, 0.4) is 0 Å². The fourth-order valence-corrected chi connectivity index (χ4v) is 1.87. The van der Waals surface area contributed by atoms with Crippen molar-refractivity contribution in [1.82, 2.24) is 10.1 Å². The molecule has 1 aromatic heterocycles. The molecule has 0 saturated carbocycles. The first-order chi connectivity index (χ1) is 7.70. The van der Waals surface area contributed by atoms with Gasteiger partial charge >= 0.3 is 5.82 Å². The highest BCUT2D eigenvalue weighted by Gasteiger charge is 2.17. The average Bonchev–Trinajstić information content (AvgIpc) is 2.60. The first kappa shape index (κ1) is 10.9. The second-order valence-corrected chi connectivity index (χ2v) is 4.17. The Morgan fingerprint density at radius 3 is 2.88 bits per heavy atom. The van der Waals surface area contributed by atoms with E-state index < -0.39 is 0 Å². The molecule has 84 valence electrons. The van der Waals surface area contributed by atoms with Crippen molar-refractivity contribution in [1.29, 1.82) is 0 Å². The minimum Gasteiger partial charge on any atom is -0.191 e. The highest BCUT2D eigenvalue weighted by molar-refractivity contribution is 5.53. The molecule has 1 aromatic carbocycles. The Bertz CT molecular complexity index is 486. The van der Waals surface area contributed by atoms with Crippen molar-refractivity contribution >= 4 is 0 Å². The van der Waals surface area contributed by atoms with Crippen molar-refractivity contribution in [3.63, 3.8) is 0 Å². The fourth-order valence-electron chi connectivity index (χ4n) is 1.87. The smallest absolute Gasteiger partial charge is 0.191 e. The molecule has 1 heterocycles. The number of H-pyrrole nitrogens is 1. The van der Waals surface area contributed by atoms with Crippen LogP contribution in [0.2, 0.25) is 0 Å². The number of nitrogens with zero attached hydrogens (tertiary/aromatic N) is 2. The largest absolute Gasteiger partial charge is 0.350 e. The summed E-state index contributed by atoms with van der Waals surface area (Å²) in [5.74, 6) is 2.06. The summed E-state index contributed by atoms with van der Waals surface area (Å²) in [4.78, 5) is 4.62. The van der Waals surface area contributed by atoms with E-state index in [2.05, 4.69) is 48.2 Å². The Morgan fingerprint density at radius 2 is 2.19 bits per heavy atom. The Hall–Kier alpha value is -1.64. The lowest BCUT2D eigenvalue weighted by Gasteiger charge is -1.94. The fraction of sp³-hybridized carbons (Fsp3) is 0.385. The van der Waals surface area contributed by atoms with Crippen LogP contribution in [0.15, 0.2) is 24.3 Å². The van der Waals surface area contributed by atoms with Crippen LogP contribution in [0, 0.1) is 6.92 Å². The summed E-state index contributed by atoms with van der Waals surface area (Å²) in [5, 5.41) is 3.27. The first-order valence-electron chi connectivity index (χ1n) is 5.72. The zero-order chi connectivity index (χ0) is 11.5. The van der Waals surface area contributed by atoms with Gasteiger partial charge in [-0.15, -0.1) is 0 Å². The van der Waals surface area contributed by atoms with Gasteiger partial charge in [-0.1, -0.05) is 24.6 Å². The second-order valence-electron chi connectivity index (χ2n) is 4.17. The van der Waals surface area contributed by atoms with E-state index in [0.29, 0.717) is 0 Å². The van der Waals surface area contributed by atoms with Crippen molar-refractivity contribution in [2.45, 2.75) is 26.7 Å². The van der Waals surface area contributed by atoms with E-state index >= 15 is 0 Å². The van der Waals surface area contributed by atoms with E-state index in [4.69, 9.17) is 0 Å². The molecular formula is C13H18N3+. The summed E-state index contributed by atoms with van der Waals surface area (Å²) in [5.41, 5.74) is 2.43. The maximum Gasteiger partial charge on any atom is 0.350 e. The van der Waals surface area contributed by atoms with Gasteiger partial charge in [-0.05, 0) is 30.5 Å². The van der Waals surface area contributed by atoms with Crippen LogP contribution in [-0.4, -0.2) is 10.1 Å². The van der Waals surface area contributed by atoms with Crippen molar-refractivity contribution in [3.05, 3.63) is 35.7 Å². The van der Waals surface area contributed by atoms with Crippen LogP contribution in [0.5, 0.6) is 0 Å². The molecule has 0 saturated heterocycles. The zero-order valence-corrected chi connectivity index (χ0v) is 10.1. The molecule has 0 fully saturated rings. The molecule has 0 aliphatic carbocycles. The van der Waals surface area contributed by atoms with Crippen LogP contribution in [0.4, 0.5) is 0 Å². The quantitative estimate of drug-likeness (QED) is 0.783. The lowest BCUT2D eigenvalue weighted by molar-refractivity contribution is -0.718. The molecule has 1 N–H and O–H groups in total. The average molecular weight is 216 g/mol. The Labute approximate surface area is 96.1 Å². The van der Waals surface area contributed by atoms with Crippen LogP contribution in [0.1, 0.15) is 24.7 Å². The van der Waals surface area contributed by atoms with Gasteiger partial charge in [0.1, 0.15) is 7.05 Å². The normalized spacial score (nSPS) is 10.7. The second kappa shape index (κ2) is 4.47. The van der Waals surface area contributed by atoms with Gasteiger partial charge in [0.2, 0.25) is 0 Å². The third kappa shape index (κ3) is 2.13. The van der Waals surface area contributed by atoms with Gasteiger partial charge in [0.15, 0.2) is 0 Å². The molecule has 0 unspecified atom stereocenters. The lowest BCUT2D eigenvalue weighted by atomic mass is 10.1. The summed E-state index contributed by atoms with van der Waals surface area (Å²) in [6, 6.07) is 8.42. The number of rotatable bonds is 3. The van der Waals surface area contributed by atoms with Gasteiger partial charge in [0.25, 0.3) is 5.82 Å². The number of nitrogens with one attached hydrogen (secondary N) is 1. The molecule has 0 aliphatic heterocycles. The highest BCUT2D eigenvalue weighted by Crippen LogP contribution is 2.14. The van der Waals surface area contributed by atoms with Crippen molar-refractivity contribution < 1.29 is 4.68 Å². The predicted octanol–water partition coefficient (Wildman–Crippen LogP) is 2.16. The van der Waals surface area contributed by atoms with Crippen LogP contribution in [-0.2, 0) is 13.5 Å². The molecule has 0 spiro atoms.